The highest BCUT2D eigenvalue weighted by molar-refractivity contribution is 7.80. The monoisotopic (exact) mass is 1090 g/mol. The number of ether oxygens (including phenoxy) is 3. The maximum atomic E-state index is 15.5. The summed E-state index contributed by atoms with van der Waals surface area (Å²) in [6, 6.07) is 16.0. The molecule has 1 saturated heterocycles. The standard InChI is InChI=1S/C54H58F5N7O8S2/c1-30(66-51(75)65(50(71)53(66,6)7)41-19-16-35(27-60)42(43(41)56)54(57,58)59)24-40(55)49(61-8)74-21-9-20-72-22-23-73-37-17-14-34(15-18-37)47(69)64-46(52(3,4)5)44(68)38-25-36(67)26-39(38)48(70)62-28-32-10-12-33(13-11-32)45-31(2)63-29-76-45/h10-19,24,29,36,38-39,46,67H,8-9,20-23,25-26,28H2,1-7H3,(H,62,70)(H,64,69)/b30-24+,49-40-/t36-,38?,39+,46+/m0/s1. The Labute approximate surface area is 446 Å². The van der Waals surface area contributed by atoms with Crippen LogP contribution in [0.25, 0.3) is 10.4 Å². The number of hydrogen-bond donors (Lipinski definition) is 3. The van der Waals surface area contributed by atoms with Gasteiger partial charge in [0.15, 0.2) is 22.5 Å². The molecule has 0 spiro atoms. The third-order valence-corrected chi connectivity index (χ3v) is 14.2. The number of thiocarbonyl (C=S) groups is 1. The van der Waals surface area contributed by atoms with E-state index in [1.165, 1.54) is 26.8 Å². The number of nitrogens with zero attached hydrogens (tertiary/aromatic N) is 5. The second kappa shape index (κ2) is 24.4. The summed E-state index contributed by atoms with van der Waals surface area (Å²) < 4.78 is 89.0. The Morgan fingerprint density at radius 1 is 1.04 bits per heavy atom. The average Bonchev–Trinajstić information content (AvgIpc) is 4.03. The molecule has 1 unspecified atom stereocenters. The van der Waals surface area contributed by atoms with E-state index in [0.717, 1.165) is 44.8 Å². The van der Waals surface area contributed by atoms with E-state index in [9.17, 15) is 37.5 Å². The molecule has 0 bridgehead atoms. The summed E-state index contributed by atoms with van der Waals surface area (Å²) in [5.74, 6) is -6.67. The van der Waals surface area contributed by atoms with Crippen molar-refractivity contribution < 1.29 is 60.4 Å². The van der Waals surface area contributed by atoms with Gasteiger partial charge >= 0.3 is 6.18 Å². The number of thiazole rings is 1. The molecule has 404 valence electrons. The van der Waals surface area contributed by atoms with Gasteiger partial charge in [-0.05, 0) is 118 Å². The highest BCUT2D eigenvalue weighted by atomic mass is 32.1. The molecule has 2 fully saturated rings. The Hall–Kier alpha value is -6.93. The number of alkyl halides is 3. The van der Waals surface area contributed by atoms with Crippen molar-refractivity contribution in [2.45, 2.75) is 98.1 Å². The van der Waals surface area contributed by atoms with E-state index < -0.39 is 92.4 Å². The SMILES string of the molecule is C=N/C(OCCCOCCOc1ccc(C(=O)N[C@H](C(=O)C2C[C@H](O)C[C@H]2C(=O)NCc2ccc(-c3scnc3C)cc2)C(C)(C)C)cc1)=C(F)\C=C(/C)N1C(=S)N(c2ccc(C#N)c(C(F)(F)F)c2F)C(=O)C1(C)C. The van der Waals surface area contributed by atoms with Gasteiger partial charge in [-0.15, -0.1) is 11.3 Å². The molecule has 4 atom stereocenters. The number of carbonyl (C=O) groups is 4. The Kier molecular flexibility index (Phi) is 18.7. The fourth-order valence-corrected chi connectivity index (χ4v) is 10.4. The van der Waals surface area contributed by atoms with Crippen LogP contribution in [0.4, 0.5) is 27.6 Å². The Morgan fingerprint density at radius 2 is 1.71 bits per heavy atom. The number of benzene rings is 3. The van der Waals surface area contributed by atoms with E-state index in [1.807, 2.05) is 52.0 Å². The van der Waals surface area contributed by atoms with Crippen LogP contribution in [0.3, 0.4) is 0 Å². The Bertz CT molecular complexity index is 2950. The summed E-state index contributed by atoms with van der Waals surface area (Å²) in [6.45, 7) is 15.5. The molecule has 2 heterocycles. The minimum atomic E-state index is -5.26. The number of allylic oxidation sites excluding steroid dienone is 3. The number of rotatable bonds is 21. The molecule has 1 saturated carbocycles. The number of aliphatic hydroxyl groups is 1. The lowest BCUT2D eigenvalue weighted by atomic mass is 9.77. The van der Waals surface area contributed by atoms with Crippen LogP contribution in [0.5, 0.6) is 5.75 Å². The molecule has 6 rings (SSSR count). The van der Waals surface area contributed by atoms with Crippen molar-refractivity contribution in [2.75, 3.05) is 31.3 Å². The molecular weight excluding hydrogens is 1030 g/mol. The van der Waals surface area contributed by atoms with Crippen LogP contribution in [0.2, 0.25) is 0 Å². The summed E-state index contributed by atoms with van der Waals surface area (Å²) in [5.41, 5.74) is -1.13. The van der Waals surface area contributed by atoms with Gasteiger partial charge in [-0.1, -0.05) is 45.0 Å². The number of hydrogen-bond acceptors (Lipinski definition) is 13. The van der Waals surface area contributed by atoms with E-state index in [1.54, 1.807) is 41.1 Å². The summed E-state index contributed by atoms with van der Waals surface area (Å²) in [5, 5.41) is 25.2. The number of aromatic nitrogens is 1. The number of aliphatic imine (C=N–C) groups is 1. The molecule has 2 aliphatic rings. The molecule has 3 amide bonds. The van der Waals surface area contributed by atoms with Gasteiger partial charge in [0.2, 0.25) is 11.8 Å². The zero-order valence-corrected chi connectivity index (χ0v) is 44.5. The summed E-state index contributed by atoms with van der Waals surface area (Å²) in [4.78, 5) is 65.5. The first-order chi connectivity index (χ1) is 35.8. The number of carbonyl (C=O) groups excluding carboxylic acids is 4. The van der Waals surface area contributed by atoms with Gasteiger partial charge in [0.25, 0.3) is 11.8 Å². The van der Waals surface area contributed by atoms with Crippen molar-refractivity contribution in [1.82, 2.24) is 20.5 Å². The van der Waals surface area contributed by atoms with Crippen LogP contribution < -0.4 is 20.3 Å². The molecule has 4 aromatic rings. The number of nitriles is 1. The van der Waals surface area contributed by atoms with Crippen molar-refractivity contribution >= 4 is 64.6 Å². The first kappa shape index (κ1) is 58.3. The smallest absolute Gasteiger partial charge is 0.420 e. The molecule has 76 heavy (non-hydrogen) atoms. The van der Waals surface area contributed by atoms with Crippen molar-refractivity contribution in [1.29, 1.82) is 5.26 Å². The van der Waals surface area contributed by atoms with E-state index in [0.29, 0.717) is 10.6 Å². The summed E-state index contributed by atoms with van der Waals surface area (Å²) in [6.07, 6.45) is -4.69. The van der Waals surface area contributed by atoms with Crippen LogP contribution in [0.15, 0.2) is 94.6 Å². The highest BCUT2D eigenvalue weighted by Crippen LogP contribution is 2.42. The zero-order chi connectivity index (χ0) is 55.9. The van der Waals surface area contributed by atoms with Gasteiger partial charge in [0, 0.05) is 36.8 Å². The maximum absolute atomic E-state index is 15.5. The predicted octanol–water partition coefficient (Wildman–Crippen LogP) is 9.52. The van der Waals surface area contributed by atoms with Gasteiger partial charge in [0.05, 0.1) is 64.7 Å². The Balaban J connectivity index is 0.949. The molecule has 0 radical (unpaired) electrons. The van der Waals surface area contributed by atoms with Crippen LogP contribution in [0, 0.1) is 41.3 Å². The van der Waals surface area contributed by atoms with E-state index in [-0.39, 0.29) is 75.2 Å². The summed E-state index contributed by atoms with van der Waals surface area (Å²) >= 11 is 6.96. The molecule has 15 nitrogen and oxygen atoms in total. The number of halogens is 5. The van der Waals surface area contributed by atoms with E-state index in [2.05, 4.69) is 27.3 Å². The topological polar surface area (TPSA) is 196 Å². The van der Waals surface area contributed by atoms with Crippen LogP contribution in [-0.4, -0.2) is 94.4 Å². The first-order valence-corrected chi connectivity index (χ1v) is 25.3. The third-order valence-electron chi connectivity index (χ3n) is 12.8. The number of anilines is 1. The van der Waals surface area contributed by atoms with Gasteiger partial charge in [-0.3, -0.25) is 24.1 Å². The third kappa shape index (κ3) is 13.4. The fraction of sp³-hybridized carbons (Fsp3) is 0.407. The molecule has 1 aliphatic carbocycles. The maximum Gasteiger partial charge on any atom is 0.420 e. The highest BCUT2D eigenvalue weighted by Gasteiger charge is 2.52. The average molecular weight is 1090 g/mol. The minimum Gasteiger partial charge on any atom is -0.491 e. The predicted molar refractivity (Wildman–Crippen MR) is 279 cm³/mol. The number of ketones is 1. The molecular formula is C54H58F5N7O8S2. The van der Waals surface area contributed by atoms with Gasteiger partial charge < -0.3 is 34.9 Å². The molecule has 3 N–H and O–H groups in total. The van der Waals surface area contributed by atoms with Gasteiger partial charge in [-0.2, -0.15) is 18.4 Å². The quantitative estimate of drug-likeness (QED) is 0.0179. The number of aryl methyl sites for hydroxylation is 1. The normalized spacial score (nSPS) is 18.5. The van der Waals surface area contributed by atoms with Crippen LogP contribution >= 0.6 is 23.6 Å². The molecule has 3 aromatic carbocycles. The van der Waals surface area contributed by atoms with E-state index in [4.69, 9.17) is 31.7 Å². The summed E-state index contributed by atoms with van der Waals surface area (Å²) in [7, 11) is 0. The van der Waals surface area contributed by atoms with Gasteiger partial charge in [0.1, 0.15) is 23.5 Å². The number of amides is 3. The largest absolute Gasteiger partial charge is 0.491 e. The van der Waals surface area contributed by atoms with Crippen molar-refractivity contribution in [3.8, 4) is 22.3 Å². The number of Topliss-reactive ketones (excluding diaryl/α,β-unsaturated/α-hetero) is 1. The van der Waals surface area contributed by atoms with Crippen molar-refractivity contribution in [2.24, 2.45) is 22.2 Å². The second-order valence-corrected chi connectivity index (χ2v) is 20.9. The van der Waals surface area contributed by atoms with Gasteiger partial charge in [-0.25, -0.2) is 18.8 Å². The van der Waals surface area contributed by atoms with Crippen LogP contribution in [-0.2, 0) is 36.6 Å². The minimum absolute atomic E-state index is 0.00300. The fourth-order valence-electron chi connectivity index (χ4n) is 8.99. The molecule has 1 aromatic heterocycles. The van der Waals surface area contributed by atoms with Crippen molar-refractivity contribution in [3.63, 3.8) is 0 Å². The Morgan fingerprint density at radius 3 is 2.32 bits per heavy atom. The lowest BCUT2D eigenvalue weighted by Crippen LogP contribution is -2.52. The van der Waals surface area contributed by atoms with E-state index >= 15 is 8.78 Å². The lowest BCUT2D eigenvalue weighted by Gasteiger charge is -2.33. The number of nitrogens with one attached hydrogen (secondary N) is 2. The molecule has 1 aliphatic heterocycles. The van der Waals surface area contributed by atoms with Crippen LogP contribution in [0.1, 0.15) is 93.5 Å². The second-order valence-electron chi connectivity index (χ2n) is 19.7. The number of aliphatic hydroxyl groups excluding tert-OH is 1. The first-order valence-electron chi connectivity index (χ1n) is 24.1. The van der Waals surface area contributed by atoms with Crippen molar-refractivity contribution in [3.05, 3.63) is 123 Å². The lowest BCUT2D eigenvalue weighted by molar-refractivity contribution is -0.140. The molecule has 22 heteroatoms. The zero-order valence-electron chi connectivity index (χ0n) is 42.8.